The molecule has 5 rings (SSSR count). The lowest BCUT2D eigenvalue weighted by Crippen LogP contribution is -2.58. The van der Waals surface area contributed by atoms with Gasteiger partial charge in [0.1, 0.15) is 31.0 Å². The number of hydrogen-bond acceptors (Lipinski definition) is 10. The molecule has 0 saturated carbocycles. The predicted octanol–water partition coefficient (Wildman–Crippen LogP) is 5.17. The van der Waals surface area contributed by atoms with Crippen molar-refractivity contribution in [3.63, 3.8) is 0 Å². The van der Waals surface area contributed by atoms with Crippen LogP contribution in [-0.4, -0.2) is 89.8 Å². The fraction of sp³-hybridized carbons (Fsp3) is 0.390. The molecule has 1 aromatic heterocycles. The number of ether oxygens (including phenoxy) is 3. The summed E-state index contributed by atoms with van der Waals surface area (Å²) in [6.45, 7) is 9.81. The number of hydrogen-bond donors (Lipinski definition) is 3. The molecule has 1 saturated heterocycles. The van der Waals surface area contributed by atoms with Crippen LogP contribution in [0.4, 0.5) is 0 Å². The van der Waals surface area contributed by atoms with Crippen LogP contribution in [0.5, 0.6) is 5.75 Å². The Bertz CT molecular complexity index is 1890. The van der Waals surface area contributed by atoms with Gasteiger partial charge in [0.2, 0.25) is 17.7 Å². The van der Waals surface area contributed by atoms with E-state index in [0.717, 1.165) is 32.8 Å². The number of thiazole rings is 1. The molecule has 1 fully saturated rings. The van der Waals surface area contributed by atoms with Crippen molar-refractivity contribution in [3.05, 3.63) is 95.1 Å². The third kappa shape index (κ3) is 10.5. The topological polar surface area (TPSA) is 156 Å². The van der Waals surface area contributed by atoms with Crippen LogP contribution in [-0.2, 0) is 30.4 Å². The van der Waals surface area contributed by atoms with Gasteiger partial charge in [-0.3, -0.25) is 14.4 Å². The predicted molar refractivity (Wildman–Crippen MR) is 206 cm³/mol. The Balaban J connectivity index is 1.07. The number of aryl methyl sites for hydroxylation is 1. The Kier molecular flexibility index (Phi) is 13.6. The van der Waals surface area contributed by atoms with E-state index in [-0.39, 0.29) is 51.2 Å². The number of β-amino-alcohol motifs (C(OH)–C–C–N with tert-alkyl or cyclic N) is 1. The lowest BCUT2D eigenvalue weighted by molar-refractivity contribution is -0.144. The van der Waals surface area contributed by atoms with E-state index in [9.17, 15) is 24.3 Å². The maximum absolute atomic E-state index is 13.9. The van der Waals surface area contributed by atoms with Crippen molar-refractivity contribution < 1.29 is 38.5 Å². The minimum Gasteiger partial charge on any atom is -0.491 e. The summed E-state index contributed by atoms with van der Waals surface area (Å²) in [5.41, 5.74) is 6.41. The zero-order valence-corrected chi connectivity index (χ0v) is 32.1. The van der Waals surface area contributed by atoms with Crippen molar-refractivity contribution in [1.29, 1.82) is 0 Å². The Labute approximate surface area is 319 Å². The van der Waals surface area contributed by atoms with Gasteiger partial charge in [-0.2, -0.15) is 0 Å². The number of benzene rings is 3. The molecule has 54 heavy (non-hydrogen) atoms. The normalized spacial score (nSPS) is 16.1. The molecule has 1 aliphatic rings. The maximum atomic E-state index is 13.9. The monoisotopic (exact) mass is 756 g/mol. The van der Waals surface area contributed by atoms with Gasteiger partial charge in [-0.25, -0.2) is 9.78 Å². The fourth-order valence-electron chi connectivity index (χ4n) is 6.12. The van der Waals surface area contributed by atoms with Crippen molar-refractivity contribution in [1.82, 2.24) is 20.5 Å². The standard InChI is InChI=1S/C41H48N4O8S/c1-6-52-40(50)31-13-11-28(12-14-31)29-15-17-33(18-16-29)53-20-19-51-24-35(47)44-37(41(3,4)5)39(49)45-23-32(46)21-34(45)38(48)42-22-27-7-9-30(10-8-27)36-26(2)43-25-54-36/h7-18,25,32,34,37,46H,6,19-24H2,1-5H3,(H,42,48)(H,44,47)/t32-,34?,37-/m1/s1. The van der Waals surface area contributed by atoms with Gasteiger partial charge in [0.05, 0.1) is 41.0 Å². The molecule has 1 unspecified atom stereocenters. The van der Waals surface area contributed by atoms with E-state index >= 15 is 0 Å². The van der Waals surface area contributed by atoms with Gasteiger partial charge in [-0.1, -0.05) is 69.3 Å². The lowest BCUT2D eigenvalue weighted by Gasteiger charge is -2.35. The smallest absolute Gasteiger partial charge is 0.338 e. The molecule has 286 valence electrons. The van der Waals surface area contributed by atoms with Crippen molar-refractivity contribution in [2.45, 2.75) is 65.8 Å². The number of nitrogens with zero attached hydrogens (tertiary/aromatic N) is 2. The van der Waals surface area contributed by atoms with Crippen LogP contribution in [0.3, 0.4) is 0 Å². The van der Waals surface area contributed by atoms with E-state index in [1.807, 2.05) is 93.9 Å². The number of aliphatic hydroxyl groups excluding tert-OH is 1. The number of aromatic nitrogens is 1. The summed E-state index contributed by atoms with van der Waals surface area (Å²) in [4.78, 5) is 58.9. The van der Waals surface area contributed by atoms with Crippen LogP contribution in [0.2, 0.25) is 0 Å². The van der Waals surface area contributed by atoms with E-state index in [0.29, 0.717) is 17.9 Å². The summed E-state index contributed by atoms with van der Waals surface area (Å²) in [5.74, 6) is -1.04. The summed E-state index contributed by atoms with van der Waals surface area (Å²) in [6.07, 6.45) is -0.769. The van der Waals surface area contributed by atoms with Crippen LogP contribution >= 0.6 is 11.3 Å². The van der Waals surface area contributed by atoms with Gasteiger partial charge in [0, 0.05) is 19.5 Å². The molecule has 4 aromatic rings. The van der Waals surface area contributed by atoms with Crippen molar-refractivity contribution in [3.8, 4) is 27.3 Å². The number of amides is 3. The van der Waals surface area contributed by atoms with Crippen LogP contribution in [0.1, 0.15) is 55.7 Å². The number of carbonyl (C=O) groups excluding carboxylic acids is 4. The molecule has 3 amide bonds. The van der Waals surface area contributed by atoms with Crippen molar-refractivity contribution >= 4 is 35.0 Å². The highest BCUT2D eigenvalue weighted by molar-refractivity contribution is 7.13. The quantitative estimate of drug-likeness (QED) is 0.110. The molecule has 0 spiro atoms. The highest BCUT2D eigenvalue weighted by atomic mass is 32.1. The Morgan fingerprint density at radius 2 is 1.59 bits per heavy atom. The highest BCUT2D eigenvalue weighted by Gasteiger charge is 2.44. The first-order valence-electron chi connectivity index (χ1n) is 18.0. The number of rotatable bonds is 15. The van der Waals surface area contributed by atoms with Gasteiger partial charge >= 0.3 is 5.97 Å². The summed E-state index contributed by atoms with van der Waals surface area (Å²) in [5, 5.41) is 16.2. The molecule has 3 N–H and O–H groups in total. The number of likely N-dealkylation sites (tertiary alicyclic amines) is 1. The Morgan fingerprint density at radius 1 is 0.944 bits per heavy atom. The minimum absolute atomic E-state index is 0.0150. The van der Waals surface area contributed by atoms with Gasteiger partial charge in [0.15, 0.2) is 0 Å². The fourth-order valence-corrected chi connectivity index (χ4v) is 6.93. The van der Waals surface area contributed by atoms with Crippen LogP contribution in [0, 0.1) is 12.3 Å². The van der Waals surface area contributed by atoms with Gasteiger partial charge in [-0.05, 0) is 65.8 Å². The SMILES string of the molecule is CCOC(=O)c1ccc(-c2ccc(OCCOCC(=O)N[C@H](C(=O)N3C[C@H](O)CC3C(=O)NCc3ccc(-c4scnc4C)cc3)C(C)(C)C)cc2)cc1. The molecule has 3 aromatic carbocycles. The summed E-state index contributed by atoms with van der Waals surface area (Å²) >= 11 is 1.57. The van der Waals surface area contributed by atoms with Crippen molar-refractivity contribution in [2.24, 2.45) is 5.41 Å². The number of carbonyl (C=O) groups is 4. The average molecular weight is 757 g/mol. The number of nitrogens with one attached hydrogen (secondary N) is 2. The van der Waals surface area contributed by atoms with E-state index in [2.05, 4.69) is 15.6 Å². The zero-order chi connectivity index (χ0) is 38.8. The summed E-state index contributed by atoms with van der Waals surface area (Å²) in [6, 6.07) is 20.6. The molecule has 1 aliphatic heterocycles. The third-order valence-corrected chi connectivity index (χ3v) is 10.0. The van der Waals surface area contributed by atoms with E-state index in [4.69, 9.17) is 14.2 Å². The second kappa shape index (κ2) is 18.3. The molecule has 0 bridgehead atoms. The van der Waals surface area contributed by atoms with E-state index < -0.39 is 35.4 Å². The van der Waals surface area contributed by atoms with Crippen LogP contribution < -0.4 is 15.4 Å². The zero-order valence-electron chi connectivity index (χ0n) is 31.3. The molecule has 13 heteroatoms. The van der Waals surface area contributed by atoms with E-state index in [1.54, 1.807) is 30.4 Å². The van der Waals surface area contributed by atoms with Gasteiger partial charge in [-0.15, -0.1) is 11.3 Å². The number of aliphatic hydroxyl groups is 1. The molecule has 0 aliphatic carbocycles. The number of esters is 1. The third-order valence-electron chi connectivity index (χ3n) is 9.02. The van der Waals surface area contributed by atoms with Gasteiger partial charge in [0.25, 0.3) is 0 Å². The summed E-state index contributed by atoms with van der Waals surface area (Å²) in [7, 11) is 0. The van der Waals surface area contributed by atoms with Crippen LogP contribution in [0.25, 0.3) is 21.6 Å². The lowest BCUT2D eigenvalue weighted by atomic mass is 9.85. The van der Waals surface area contributed by atoms with Crippen LogP contribution in [0.15, 0.2) is 78.3 Å². The Morgan fingerprint density at radius 3 is 2.20 bits per heavy atom. The second-order valence-corrected chi connectivity index (χ2v) is 15.0. The first-order valence-corrected chi connectivity index (χ1v) is 18.8. The molecule has 0 radical (unpaired) electrons. The first-order chi connectivity index (χ1) is 25.8. The first kappa shape index (κ1) is 40.1. The molecule has 2 heterocycles. The second-order valence-electron chi connectivity index (χ2n) is 14.2. The largest absolute Gasteiger partial charge is 0.491 e. The van der Waals surface area contributed by atoms with E-state index in [1.165, 1.54) is 4.90 Å². The summed E-state index contributed by atoms with van der Waals surface area (Å²) < 4.78 is 16.4. The Hall–Kier alpha value is -5.11. The minimum atomic E-state index is -0.965. The van der Waals surface area contributed by atoms with Crippen molar-refractivity contribution in [2.75, 3.05) is 33.0 Å². The molecular weight excluding hydrogens is 709 g/mol. The average Bonchev–Trinajstić information content (AvgIpc) is 3.77. The molecule has 12 nitrogen and oxygen atoms in total. The molecular formula is C41H48N4O8S. The van der Waals surface area contributed by atoms with Gasteiger partial charge < -0.3 is 34.9 Å². The maximum Gasteiger partial charge on any atom is 0.338 e. The highest BCUT2D eigenvalue weighted by Crippen LogP contribution is 2.29. The molecule has 3 atom stereocenters.